The molecule has 0 saturated carbocycles. The second kappa shape index (κ2) is 3.34. The molecular formula is C9H13NO3S. The summed E-state index contributed by atoms with van der Waals surface area (Å²) in [5.74, 6) is 0. The first-order chi connectivity index (χ1) is 6.21. The van der Waals surface area contributed by atoms with Crippen LogP contribution in [0.5, 0.6) is 0 Å². The molecule has 14 heavy (non-hydrogen) atoms. The molecule has 78 valence electrons. The quantitative estimate of drug-likeness (QED) is 0.541. The molecule has 0 heterocycles. The van der Waals surface area contributed by atoms with E-state index in [4.69, 9.17) is 0 Å². The molecule has 0 fully saturated rings. The van der Waals surface area contributed by atoms with Crippen molar-refractivity contribution in [3.63, 3.8) is 0 Å². The highest BCUT2D eigenvalue weighted by molar-refractivity contribution is 7.85. The molecule has 0 bridgehead atoms. The van der Waals surface area contributed by atoms with Crippen molar-refractivity contribution < 1.29 is 13.0 Å². The Balaban J connectivity index is 3.14. The standard InChI is InChI=1S/C9H13NO3S/c1-10(2,3)8-4-6-9(7-5-8)14(11,12)13/h4-7H,1-3H3. The van der Waals surface area contributed by atoms with Crippen molar-refractivity contribution in [3.05, 3.63) is 24.3 Å². The van der Waals surface area contributed by atoms with E-state index < -0.39 is 10.1 Å². The van der Waals surface area contributed by atoms with Gasteiger partial charge in [-0.05, 0) is 12.1 Å². The summed E-state index contributed by atoms with van der Waals surface area (Å²) in [6.07, 6.45) is 0. The zero-order valence-corrected chi connectivity index (χ0v) is 9.21. The Morgan fingerprint density at radius 1 is 1.07 bits per heavy atom. The maximum Gasteiger partial charge on any atom is 0.132 e. The molecular weight excluding hydrogens is 202 g/mol. The van der Waals surface area contributed by atoms with Crippen LogP contribution in [0.25, 0.3) is 0 Å². The van der Waals surface area contributed by atoms with Crippen LogP contribution in [0.2, 0.25) is 0 Å². The first-order valence-electron chi connectivity index (χ1n) is 4.09. The SMILES string of the molecule is C[N+](C)(C)c1ccc(S(=O)(=O)[O-])cc1. The third-order valence-electron chi connectivity index (χ3n) is 1.90. The summed E-state index contributed by atoms with van der Waals surface area (Å²) in [7, 11) is 1.56. The maximum atomic E-state index is 10.6. The average Bonchev–Trinajstić information content (AvgIpc) is 2.01. The average molecular weight is 215 g/mol. The van der Waals surface area contributed by atoms with Crippen LogP contribution in [0.15, 0.2) is 29.2 Å². The van der Waals surface area contributed by atoms with Gasteiger partial charge >= 0.3 is 0 Å². The van der Waals surface area contributed by atoms with Crippen molar-refractivity contribution in [3.8, 4) is 0 Å². The highest BCUT2D eigenvalue weighted by atomic mass is 32.2. The van der Waals surface area contributed by atoms with Crippen molar-refractivity contribution in [2.24, 2.45) is 0 Å². The minimum Gasteiger partial charge on any atom is -0.744 e. The molecule has 0 N–H and O–H groups in total. The van der Waals surface area contributed by atoms with Crippen LogP contribution in [0.1, 0.15) is 0 Å². The second-order valence-corrected chi connectivity index (χ2v) is 5.34. The lowest BCUT2D eigenvalue weighted by Gasteiger charge is -2.23. The zero-order valence-electron chi connectivity index (χ0n) is 8.39. The molecule has 0 aromatic heterocycles. The van der Waals surface area contributed by atoms with Crippen molar-refractivity contribution in [2.75, 3.05) is 21.1 Å². The van der Waals surface area contributed by atoms with Crippen LogP contribution < -0.4 is 4.48 Å². The molecule has 0 spiro atoms. The van der Waals surface area contributed by atoms with Gasteiger partial charge in [0.15, 0.2) is 0 Å². The Hall–Kier alpha value is -0.910. The van der Waals surface area contributed by atoms with E-state index in [1.54, 1.807) is 12.1 Å². The van der Waals surface area contributed by atoms with Crippen molar-refractivity contribution in [1.82, 2.24) is 4.48 Å². The normalized spacial score (nSPS) is 12.9. The minimum absolute atomic E-state index is 0.185. The third-order valence-corrected chi connectivity index (χ3v) is 2.75. The Bertz CT molecular complexity index is 414. The number of hydrogen-bond donors (Lipinski definition) is 0. The van der Waals surface area contributed by atoms with E-state index in [2.05, 4.69) is 0 Å². The fourth-order valence-electron chi connectivity index (χ4n) is 1.06. The number of nitrogens with zero attached hydrogens (tertiary/aromatic N) is 1. The maximum absolute atomic E-state index is 10.6. The molecule has 0 atom stereocenters. The molecule has 0 aliphatic carbocycles. The van der Waals surface area contributed by atoms with Gasteiger partial charge in [-0.3, -0.25) is 4.48 Å². The molecule has 0 unspecified atom stereocenters. The first kappa shape index (κ1) is 11.2. The third kappa shape index (κ3) is 2.54. The van der Waals surface area contributed by atoms with E-state index in [0.29, 0.717) is 4.48 Å². The topological polar surface area (TPSA) is 57.2 Å². The Morgan fingerprint density at radius 2 is 1.50 bits per heavy atom. The number of benzene rings is 1. The molecule has 1 rings (SSSR count). The van der Waals surface area contributed by atoms with Crippen molar-refractivity contribution in [1.29, 1.82) is 0 Å². The molecule has 0 aliphatic heterocycles. The molecule has 0 radical (unpaired) electrons. The van der Waals surface area contributed by atoms with Gasteiger partial charge in [-0.1, -0.05) is 0 Å². The van der Waals surface area contributed by atoms with Gasteiger partial charge in [-0.2, -0.15) is 0 Å². The number of rotatable bonds is 2. The van der Waals surface area contributed by atoms with E-state index in [0.717, 1.165) is 5.69 Å². The highest BCUT2D eigenvalue weighted by Gasteiger charge is 2.12. The van der Waals surface area contributed by atoms with Gasteiger partial charge in [0, 0.05) is 12.1 Å². The van der Waals surface area contributed by atoms with Gasteiger partial charge in [-0.15, -0.1) is 0 Å². The predicted molar refractivity (Wildman–Crippen MR) is 54.0 cm³/mol. The zero-order chi connectivity index (χ0) is 11.0. The summed E-state index contributed by atoms with van der Waals surface area (Å²) in [5.41, 5.74) is 0.942. The van der Waals surface area contributed by atoms with Crippen LogP contribution in [-0.4, -0.2) is 34.1 Å². The molecule has 0 aliphatic rings. The molecule has 1 aromatic rings. The second-order valence-electron chi connectivity index (χ2n) is 3.96. The van der Waals surface area contributed by atoms with Gasteiger partial charge in [0.05, 0.1) is 26.0 Å². The van der Waals surface area contributed by atoms with Crippen LogP contribution in [0.3, 0.4) is 0 Å². The van der Waals surface area contributed by atoms with Gasteiger partial charge < -0.3 is 4.55 Å². The molecule has 1 aromatic carbocycles. The number of hydrogen-bond acceptors (Lipinski definition) is 3. The van der Waals surface area contributed by atoms with E-state index in [1.807, 2.05) is 21.1 Å². The Kier molecular flexibility index (Phi) is 2.67. The van der Waals surface area contributed by atoms with Crippen LogP contribution in [-0.2, 0) is 10.1 Å². The van der Waals surface area contributed by atoms with Crippen molar-refractivity contribution >= 4 is 15.8 Å². The molecule has 5 heteroatoms. The van der Waals surface area contributed by atoms with E-state index in [-0.39, 0.29) is 4.90 Å². The summed E-state index contributed by atoms with van der Waals surface area (Å²) >= 11 is 0. The van der Waals surface area contributed by atoms with Gasteiger partial charge in [0.25, 0.3) is 0 Å². The smallest absolute Gasteiger partial charge is 0.132 e. The summed E-state index contributed by atoms with van der Waals surface area (Å²) in [6, 6.07) is 5.96. The fraction of sp³-hybridized carbons (Fsp3) is 0.333. The van der Waals surface area contributed by atoms with Gasteiger partial charge in [0.1, 0.15) is 15.8 Å². The van der Waals surface area contributed by atoms with E-state index in [9.17, 15) is 13.0 Å². The fourth-order valence-corrected chi connectivity index (χ4v) is 1.53. The lowest BCUT2D eigenvalue weighted by atomic mass is 10.3. The monoisotopic (exact) mass is 215 g/mol. The minimum atomic E-state index is -4.32. The summed E-state index contributed by atoms with van der Waals surface area (Å²) in [6.45, 7) is 0. The molecule has 4 nitrogen and oxygen atoms in total. The Morgan fingerprint density at radius 3 is 1.79 bits per heavy atom. The van der Waals surface area contributed by atoms with Crippen LogP contribution in [0.4, 0.5) is 5.69 Å². The highest BCUT2D eigenvalue weighted by Crippen LogP contribution is 2.19. The van der Waals surface area contributed by atoms with E-state index >= 15 is 0 Å². The Labute approximate surface area is 84.1 Å². The van der Waals surface area contributed by atoms with Crippen LogP contribution in [0, 0.1) is 0 Å². The van der Waals surface area contributed by atoms with Gasteiger partial charge in [-0.25, -0.2) is 8.42 Å². The summed E-state index contributed by atoms with van der Waals surface area (Å²) in [4.78, 5) is -0.185. The number of quaternary nitrogens is 1. The summed E-state index contributed by atoms with van der Waals surface area (Å²) in [5, 5.41) is 0. The molecule has 0 saturated heterocycles. The largest absolute Gasteiger partial charge is 0.744 e. The lowest BCUT2D eigenvalue weighted by Crippen LogP contribution is -2.34. The first-order valence-corrected chi connectivity index (χ1v) is 5.50. The van der Waals surface area contributed by atoms with Gasteiger partial charge in [0.2, 0.25) is 0 Å². The lowest BCUT2D eigenvalue weighted by molar-refractivity contribution is 0.462. The molecule has 0 amide bonds. The van der Waals surface area contributed by atoms with Crippen molar-refractivity contribution in [2.45, 2.75) is 4.90 Å². The summed E-state index contributed by atoms with van der Waals surface area (Å²) < 4.78 is 32.5. The predicted octanol–water partition coefficient (Wildman–Crippen LogP) is 0.787. The van der Waals surface area contributed by atoms with E-state index in [1.165, 1.54) is 12.1 Å². The van der Waals surface area contributed by atoms with Crippen LogP contribution >= 0.6 is 0 Å².